The average Bonchev–Trinajstić information content (AvgIpc) is 2.70. The van der Waals surface area contributed by atoms with Crippen molar-refractivity contribution >= 4 is 11.8 Å². The largest absolute Gasteiger partial charge is 0.294 e. The summed E-state index contributed by atoms with van der Waals surface area (Å²) >= 11 is 1.55. The van der Waals surface area contributed by atoms with Gasteiger partial charge < -0.3 is 0 Å². The molecule has 4 rings (SSSR count). The van der Waals surface area contributed by atoms with Crippen molar-refractivity contribution in [3.8, 4) is 11.3 Å². The highest BCUT2D eigenvalue weighted by Gasteiger charge is 2.18. The molecule has 3 aromatic rings. The third-order valence-electron chi connectivity index (χ3n) is 4.61. The maximum absolute atomic E-state index is 13.9. The Labute approximate surface area is 160 Å². The van der Waals surface area contributed by atoms with Gasteiger partial charge in [0, 0.05) is 49.6 Å². The van der Waals surface area contributed by atoms with Gasteiger partial charge in [-0.05, 0) is 36.1 Å². The summed E-state index contributed by atoms with van der Waals surface area (Å²) in [7, 11) is 0. The lowest BCUT2D eigenvalue weighted by atomic mass is 10.1. The maximum Gasteiger partial charge on any atom is 0.187 e. The molecule has 0 radical (unpaired) electrons. The van der Waals surface area contributed by atoms with Crippen molar-refractivity contribution < 1.29 is 8.78 Å². The zero-order valence-corrected chi connectivity index (χ0v) is 15.6. The first-order chi connectivity index (χ1) is 13.1. The van der Waals surface area contributed by atoms with Crippen LogP contribution in [0.2, 0.25) is 0 Å². The quantitative estimate of drug-likeness (QED) is 0.500. The number of fused-ring (bicyclic) bond motifs is 1. The molecule has 2 aromatic heterocycles. The number of rotatable bonds is 4. The van der Waals surface area contributed by atoms with E-state index >= 15 is 0 Å². The normalized spacial score (nSPS) is 14.2. The van der Waals surface area contributed by atoms with E-state index in [9.17, 15) is 8.78 Å². The van der Waals surface area contributed by atoms with Gasteiger partial charge in [0.15, 0.2) is 5.16 Å². The van der Waals surface area contributed by atoms with E-state index in [0.29, 0.717) is 5.69 Å². The van der Waals surface area contributed by atoms with E-state index in [1.807, 2.05) is 18.5 Å². The molecule has 0 amide bonds. The number of benzene rings is 1. The van der Waals surface area contributed by atoms with E-state index in [0.717, 1.165) is 60.2 Å². The Hall–Kier alpha value is -2.38. The zero-order chi connectivity index (χ0) is 18.8. The molecule has 1 aromatic carbocycles. The molecule has 0 saturated heterocycles. The summed E-state index contributed by atoms with van der Waals surface area (Å²) in [6.45, 7) is 2.45. The highest BCUT2D eigenvalue weighted by atomic mass is 32.2. The van der Waals surface area contributed by atoms with Crippen molar-refractivity contribution in [1.82, 2.24) is 19.9 Å². The van der Waals surface area contributed by atoms with Crippen LogP contribution >= 0.6 is 11.8 Å². The van der Waals surface area contributed by atoms with Crippen LogP contribution in [0.5, 0.6) is 0 Å². The van der Waals surface area contributed by atoms with Crippen LogP contribution in [0.15, 0.2) is 47.9 Å². The molecule has 0 bridgehead atoms. The van der Waals surface area contributed by atoms with Crippen molar-refractivity contribution in [1.29, 1.82) is 0 Å². The molecule has 27 heavy (non-hydrogen) atoms. The summed E-state index contributed by atoms with van der Waals surface area (Å²) in [5.74, 6) is -0.954. The topological polar surface area (TPSA) is 41.9 Å². The fourth-order valence-electron chi connectivity index (χ4n) is 3.22. The number of hydrogen-bond donors (Lipinski definition) is 0. The Morgan fingerprint density at radius 1 is 1.11 bits per heavy atom. The van der Waals surface area contributed by atoms with Crippen molar-refractivity contribution in [2.24, 2.45) is 0 Å². The standard InChI is InChI=1S/C20H18F2N4S/c1-27-20-24-10-14-12-26(7-6-18(14)25-20)11-13-2-5-19(23-9-13)16-8-15(21)3-4-17(16)22/h2-5,8-10H,6-7,11-12H2,1H3. The molecule has 4 nitrogen and oxygen atoms in total. The van der Waals surface area contributed by atoms with Gasteiger partial charge in [-0.1, -0.05) is 17.8 Å². The summed E-state index contributed by atoms with van der Waals surface area (Å²) < 4.78 is 27.3. The first-order valence-electron chi connectivity index (χ1n) is 8.64. The molecule has 0 fully saturated rings. The van der Waals surface area contributed by atoms with Gasteiger partial charge in [0.2, 0.25) is 0 Å². The average molecular weight is 384 g/mol. The number of halogens is 2. The fraction of sp³-hybridized carbons (Fsp3) is 0.250. The van der Waals surface area contributed by atoms with Crippen molar-refractivity contribution in [2.45, 2.75) is 24.7 Å². The minimum absolute atomic E-state index is 0.176. The van der Waals surface area contributed by atoms with Crippen LogP contribution in [0.25, 0.3) is 11.3 Å². The molecule has 1 aliphatic heterocycles. The van der Waals surface area contributed by atoms with Crippen LogP contribution in [-0.4, -0.2) is 32.7 Å². The van der Waals surface area contributed by atoms with Gasteiger partial charge >= 0.3 is 0 Å². The Bertz CT molecular complexity index is 963. The second-order valence-electron chi connectivity index (χ2n) is 6.47. The molecule has 1 aliphatic rings. The summed E-state index contributed by atoms with van der Waals surface area (Å²) in [4.78, 5) is 15.6. The predicted octanol–water partition coefficient (Wildman–Crippen LogP) is 4.10. The van der Waals surface area contributed by atoms with E-state index in [2.05, 4.69) is 19.9 Å². The van der Waals surface area contributed by atoms with Gasteiger partial charge in [-0.25, -0.2) is 18.7 Å². The SMILES string of the molecule is CSc1ncc2c(n1)CCN(Cc1ccc(-c3cc(F)ccc3F)nc1)C2. The molecular formula is C20H18F2N4S. The fourth-order valence-corrected chi connectivity index (χ4v) is 3.58. The van der Waals surface area contributed by atoms with Crippen molar-refractivity contribution in [2.75, 3.05) is 12.8 Å². The molecule has 0 aliphatic carbocycles. The van der Waals surface area contributed by atoms with E-state index in [4.69, 9.17) is 0 Å². The third-order valence-corrected chi connectivity index (χ3v) is 5.17. The van der Waals surface area contributed by atoms with Crippen LogP contribution in [0.1, 0.15) is 16.8 Å². The van der Waals surface area contributed by atoms with Gasteiger partial charge in [0.05, 0.1) is 11.4 Å². The Balaban J connectivity index is 1.47. The highest BCUT2D eigenvalue weighted by molar-refractivity contribution is 7.98. The monoisotopic (exact) mass is 384 g/mol. The summed E-state index contributed by atoms with van der Waals surface area (Å²) in [6.07, 6.45) is 6.51. The van der Waals surface area contributed by atoms with Gasteiger partial charge in [-0.15, -0.1) is 0 Å². The molecule has 7 heteroatoms. The molecule has 3 heterocycles. The molecule has 0 spiro atoms. The Morgan fingerprint density at radius 2 is 2.00 bits per heavy atom. The molecule has 138 valence electrons. The Kier molecular flexibility index (Phi) is 5.13. The zero-order valence-electron chi connectivity index (χ0n) is 14.8. The maximum atomic E-state index is 13.9. The minimum Gasteiger partial charge on any atom is -0.294 e. The number of hydrogen-bond acceptors (Lipinski definition) is 5. The molecule has 0 atom stereocenters. The number of pyridine rings is 1. The van der Waals surface area contributed by atoms with Gasteiger partial charge in [0.1, 0.15) is 11.6 Å². The van der Waals surface area contributed by atoms with Gasteiger partial charge in [-0.2, -0.15) is 0 Å². The van der Waals surface area contributed by atoms with Crippen LogP contribution < -0.4 is 0 Å². The smallest absolute Gasteiger partial charge is 0.187 e. The van der Waals surface area contributed by atoms with E-state index < -0.39 is 11.6 Å². The van der Waals surface area contributed by atoms with Crippen molar-refractivity contribution in [3.63, 3.8) is 0 Å². The van der Waals surface area contributed by atoms with Crippen molar-refractivity contribution in [3.05, 3.63) is 71.2 Å². The van der Waals surface area contributed by atoms with Crippen LogP contribution in [0.4, 0.5) is 8.78 Å². The van der Waals surface area contributed by atoms with Crippen LogP contribution in [-0.2, 0) is 19.5 Å². The molecular weight excluding hydrogens is 366 g/mol. The van der Waals surface area contributed by atoms with Gasteiger partial charge in [0.25, 0.3) is 0 Å². The predicted molar refractivity (Wildman–Crippen MR) is 101 cm³/mol. The van der Waals surface area contributed by atoms with Gasteiger partial charge in [-0.3, -0.25) is 9.88 Å². The van der Waals surface area contributed by atoms with E-state index in [1.54, 1.807) is 24.0 Å². The summed E-state index contributed by atoms with van der Waals surface area (Å²) in [6, 6.07) is 7.04. The minimum atomic E-state index is -0.478. The second-order valence-corrected chi connectivity index (χ2v) is 7.24. The third kappa shape index (κ3) is 3.99. The lowest BCUT2D eigenvalue weighted by molar-refractivity contribution is 0.242. The summed E-state index contributed by atoms with van der Waals surface area (Å²) in [5.41, 5.74) is 3.92. The second kappa shape index (κ2) is 7.70. The number of aromatic nitrogens is 3. The molecule has 0 saturated carbocycles. The number of thioether (sulfide) groups is 1. The van der Waals surface area contributed by atoms with Crippen LogP contribution in [0, 0.1) is 11.6 Å². The lowest BCUT2D eigenvalue weighted by Gasteiger charge is -2.27. The molecule has 0 unspecified atom stereocenters. The lowest BCUT2D eigenvalue weighted by Crippen LogP contribution is -2.31. The van der Waals surface area contributed by atoms with E-state index in [1.165, 1.54) is 6.07 Å². The highest BCUT2D eigenvalue weighted by Crippen LogP contribution is 2.24. The van der Waals surface area contributed by atoms with Crippen LogP contribution in [0.3, 0.4) is 0 Å². The summed E-state index contributed by atoms with van der Waals surface area (Å²) in [5, 5.41) is 0.812. The first kappa shape index (κ1) is 18.0. The Morgan fingerprint density at radius 3 is 2.78 bits per heavy atom. The number of nitrogens with zero attached hydrogens (tertiary/aromatic N) is 4. The first-order valence-corrected chi connectivity index (χ1v) is 9.86. The molecule has 0 N–H and O–H groups in total. The van der Waals surface area contributed by atoms with E-state index in [-0.39, 0.29) is 5.56 Å².